The SMILES string of the molecule is COc1cc(N2CCN(CC3CCOC3)CC2)ccc1Nc1nc(N)c(N)c(NC2CCCCC2)n1. The second-order valence-corrected chi connectivity index (χ2v) is 10.2. The fourth-order valence-electron chi connectivity index (χ4n) is 5.47. The molecule has 0 spiro atoms. The van der Waals surface area contributed by atoms with E-state index < -0.39 is 0 Å². The first-order valence-electron chi connectivity index (χ1n) is 13.3. The largest absolute Gasteiger partial charge is 0.494 e. The van der Waals surface area contributed by atoms with Gasteiger partial charge in [0.2, 0.25) is 5.95 Å². The van der Waals surface area contributed by atoms with E-state index in [9.17, 15) is 0 Å². The van der Waals surface area contributed by atoms with E-state index in [2.05, 4.69) is 42.5 Å². The Morgan fingerprint density at radius 2 is 1.86 bits per heavy atom. The van der Waals surface area contributed by atoms with E-state index in [1.54, 1.807) is 7.11 Å². The predicted octanol–water partition coefficient (Wildman–Crippen LogP) is 3.30. The van der Waals surface area contributed by atoms with Gasteiger partial charge in [0.15, 0.2) is 11.6 Å². The third-order valence-electron chi connectivity index (χ3n) is 7.63. The minimum Gasteiger partial charge on any atom is -0.494 e. The van der Waals surface area contributed by atoms with Crippen molar-refractivity contribution in [3.8, 4) is 5.75 Å². The molecule has 3 aliphatic rings. The Morgan fingerprint density at radius 1 is 1.06 bits per heavy atom. The molecule has 1 aromatic carbocycles. The number of hydrogen-bond acceptors (Lipinski definition) is 10. The molecule has 2 aliphatic heterocycles. The molecule has 2 aromatic rings. The number of hydrogen-bond donors (Lipinski definition) is 4. The molecular formula is C26H40N8O2. The number of rotatable bonds is 8. The lowest BCUT2D eigenvalue weighted by Gasteiger charge is -2.37. The van der Waals surface area contributed by atoms with Gasteiger partial charge in [0.1, 0.15) is 11.4 Å². The average Bonchev–Trinajstić information content (AvgIpc) is 3.41. The van der Waals surface area contributed by atoms with E-state index in [1.807, 2.05) is 6.07 Å². The van der Waals surface area contributed by atoms with Crippen LogP contribution >= 0.6 is 0 Å². The van der Waals surface area contributed by atoms with E-state index in [-0.39, 0.29) is 5.82 Å². The zero-order valence-corrected chi connectivity index (χ0v) is 21.3. The van der Waals surface area contributed by atoms with Crippen LogP contribution in [0.1, 0.15) is 38.5 Å². The lowest BCUT2D eigenvalue weighted by molar-refractivity contribution is 0.164. The topological polar surface area (TPSA) is 127 Å². The minimum absolute atomic E-state index is 0.267. The molecule has 5 rings (SSSR count). The Hall–Kier alpha value is -2.98. The standard InChI is InChI=1S/C26H40N8O2/c1-35-22-15-20(34-12-10-33(11-13-34)16-18-9-14-36-17-18)7-8-21(22)30-26-31-24(28)23(27)25(32-26)29-19-5-3-2-4-6-19/h7-8,15,18-19H,2-6,9-14,16-17,27H2,1H3,(H4,28,29,30,31,32). The Kier molecular flexibility index (Phi) is 7.81. The van der Waals surface area contributed by atoms with Gasteiger partial charge in [-0.3, -0.25) is 4.90 Å². The monoisotopic (exact) mass is 496 g/mol. The number of aromatic nitrogens is 2. The number of nitrogens with two attached hydrogens (primary N) is 2. The summed E-state index contributed by atoms with van der Waals surface area (Å²) < 4.78 is 11.3. The maximum Gasteiger partial charge on any atom is 0.231 e. The van der Waals surface area contributed by atoms with Gasteiger partial charge in [-0.1, -0.05) is 19.3 Å². The summed E-state index contributed by atoms with van der Waals surface area (Å²) in [7, 11) is 1.68. The van der Waals surface area contributed by atoms with Crippen LogP contribution in [0.15, 0.2) is 18.2 Å². The molecule has 6 N–H and O–H groups in total. The third-order valence-corrected chi connectivity index (χ3v) is 7.63. The van der Waals surface area contributed by atoms with Crippen LogP contribution in [0.4, 0.5) is 34.6 Å². The first-order valence-corrected chi connectivity index (χ1v) is 13.3. The van der Waals surface area contributed by atoms with Gasteiger partial charge in [-0.2, -0.15) is 9.97 Å². The lowest BCUT2D eigenvalue weighted by atomic mass is 9.95. The van der Waals surface area contributed by atoms with Gasteiger partial charge in [0, 0.05) is 57.1 Å². The van der Waals surface area contributed by atoms with Crippen molar-refractivity contribution < 1.29 is 9.47 Å². The van der Waals surface area contributed by atoms with E-state index in [4.69, 9.17) is 20.9 Å². The van der Waals surface area contributed by atoms with Crippen molar-refractivity contribution in [2.24, 2.45) is 5.92 Å². The van der Waals surface area contributed by atoms with Crippen LogP contribution in [0.3, 0.4) is 0 Å². The van der Waals surface area contributed by atoms with Crippen LogP contribution in [0.25, 0.3) is 0 Å². The van der Waals surface area contributed by atoms with Gasteiger partial charge in [-0.15, -0.1) is 0 Å². The van der Waals surface area contributed by atoms with Gasteiger partial charge < -0.3 is 36.5 Å². The Bertz CT molecular complexity index is 1020. The molecule has 2 saturated heterocycles. The smallest absolute Gasteiger partial charge is 0.231 e. The molecule has 1 saturated carbocycles. The van der Waals surface area contributed by atoms with E-state index in [0.717, 1.165) is 75.9 Å². The summed E-state index contributed by atoms with van der Waals surface area (Å²) in [5, 5.41) is 6.76. The zero-order chi connectivity index (χ0) is 24.9. The summed E-state index contributed by atoms with van der Waals surface area (Å²) in [5.74, 6) is 2.68. The van der Waals surface area contributed by atoms with Crippen LogP contribution in [0, 0.1) is 5.92 Å². The number of nitrogens with one attached hydrogen (secondary N) is 2. The van der Waals surface area contributed by atoms with Crippen LogP contribution in [-0.4, -0.2) is 74.0 Å². The van der Waals surface area contributed by atoms with E-state index in [1.165, 1.54) is 25.7 Å². The molecule has 0 radical (unpaired) electrons. The fraction of sp³-hybridized carbons (Fsp3) is 0.615. The molecule has 10 nitrogen and oxygen atoms in total. The van der Waals surface area contributed by atoms with Gasteiger partial charge >= 0.3 is 0 Å². The molecule has 10 heteroatoms. The van der Waals surface area contributed by atoms with Gasteiger partial charge in [0.25, 0.3) is 0 Å². The van der Waals surface area contributed by atoms with Gasteiger partial charge in [0.05, 0.1) is 19.4 Å². The van der Waals surface area contributed by atoms with Crippen molar-refractivity contribution in [1.82, 2.24) is 14.9 Å². The number of nitrogens with zero attached hydrogens (tertiary/aromatic N) is 4. The molecule has 1 aliphatic carbocycles. The second kappa shape index (κ2) is 11.4. The number of benzene rings is 1. The van der Waals surface area contributed by atoms with Crippen LogP contribution in [0.5, 0.6) is 5.75 Å². The van der Waals surface area contributed by atoms with Crippen molar-refractivity contribution in [2.45, 2.75) is 44.6 Å². The van der Waals surface area contributed by atoms with E-state index in [0.29, 0.717) is 29.4 Å². The maximum atomic E-state index is 6.20. The number of piperazine rings is 1. The molecule has 196 valence electrons. The zero-order valence-electron chi connectivity index (χ0n) is 21.3. The van der Waals surface area contributed by atoms with Crippen molar-refractivity contribution in [2.75, 3.05) is 80.0 Å². The first-order chi connectivity index (χ1) is 17.6. The highest BCUT2D eigenvalue weighted by atomic mass is 16.5. The highest BCUT2D eigenvalue weighted by Crippen LogP contribution is 2.34. The summed E-state index contributed by atoms with van der Waals surface area (Å²) in [6, 6.07) is 6.57. The van der Waals surface area contributed by atoms with E-state index >= 15 is 0 Å². The molecule has 0 amide bonds. The Morgan fingerprint density at radius 3 is 2.58 bits per heavy atom. The summed E-state index contributed by atoms with van der Waals surface area (Å²) >= 11 is 0. The van der Waals surface area contributed by atoms with Crippen molar-refractivity contribution in [1.29, 1.82) is 0 Å². The number of ether oxygens (including phenoxy) is 2. The van der Waals surface area contributed by atoms with Gasteiger partial charge in [-0.05, 0) is 37.3 Å². The second-order valence-electron chi connectivity index (χ2n) is 10.2. The molecule has 0 bridgehead atoms. The molecule has 36 heavy (non-hydrogen) atoms. The number of methoxy groups -OCH3 is 1. The summed E-state index contributed by atoms with van der Waals surface area (Å²) in [4.78, 5) is 14.0. The molecular weight excluding hydrogens is 456 g/mol. The van der Waals surface area contributed by atoms with Crippen molar-refractivity contribution >= 4 is 34.6 Å². The molecule has 3 heterocycles. The highest BCUT2D eigenvalue weighted by molar-refractivity contribution is 5.76. The Balaban J connectivity index is 1.24. The predicted molar refractivity (Wildman–Crippen MR) is 145 cm³/mol. The maximum absolute atomic E-state index is 6.20. The highest BCUT2D eigenvalue weighted by Gasteiger charge is 2.24. The first kappa shape index (κ1) is 24.7. The van der Waals surface area contributed by atoms with Gasteiger partial charge in [-0.25, -0.2) is 0 Å². The molecule has 1 atom stereocenters. The summed E-state index contributed by atoms with van der Waals surface area (Å²) in [6.45, 7) is 7.09. The van der Waals surface area contributed by atoms with Crippen LogP contribution < -0.4 is 31.7 Å². The molecule has 1 unspecified atom stereocenters. The number of anilines is 6. The number of nitrogen functional groups attached to an aromatic ring is 2. The fourth-order valence-corrected chi connectivity index (χ4v) is 5.47. The average molecular weight is 497 g/mol. The molecule has 3 fully saturated rings. The van der Waals surface area contributed by atoms with Crippen LogP contribution in [-0.2, 0) is 4.74 Å². The quantitative estimate of drug-likeness (QED) is 0.432. The van der Waals surface area contributed by atoms with Crippen molar-refractivity contribution in [3.05, 3.63) is 18.2 Å². The normalized spacial score (nSPS) is 21.5. The summed E-state index contributed by atoms with van der Waals surface area (Å²) in [6.07, 6.45) is 7.14. The van der Waals surface area contributed by atoms with Crippen molar-refractivity contribution in [3.63, 3.8) is 0 Å². The summed E-state index contributed by atoms with van der Waals surface area (Å²) in [5.41, 5.74) is 14.7. The van der Waals surface area contributed by atoms with Crippen LogP contribution in [0.2, 0.25) is 0 Å². The molecule has 1 aromatic heterocycles. The minimum atomic E-state index is 0.267. The lowest BCUT2D eigenvalue weighted by Crippen LogP contribution is -2.47. The third kappa shape index (κ3) is 5.87. The Labute approximate surface area is 213 Å².